The smallest absolute Gasteiger partial charge is 0.154 e. The summed E-state index contributed by atoms with van der Waals surface area (Å²) in [5.41, 5.74) is 12.4. The summed E-state index contributed by atoms with van der Waals surface area (Å²) in [6.07, 6.45) is 3.01. The monoisotopic (exact) mass is 265 g/mol. The summed E-state index contributed by atoms with van der Waals surface area (Å²) in [5, 5.41) is 0.565. The van der Waals surface area contributed by atoms with Crippen molar-refractivity contribution in [3.05, 3.63) is 29.6 Å². The number of fused-ring (bicyclic) bond motifs is 1. The molecular weight excluding hydrogens is 249 g/mol. The van der Waals surface area contributed by atoms with E-state index in [1.54, 1.807) is 23.9 Å². The number of aliphatic imine (C=N–C) groups is 1. The minimum absolute atomic E-state index is 0.223. The molecule has 3 rings (SSSR count). The second-order valence-corrected chi connectivity index (χ2v) is 6.05. The molecule has 1 fully saturated rings. The van der Waals surface area contributed by atoms with Gasteiger partial charge in [0, 0.05) is 17.0 Å². The molecule has 1 aromatic rings. The van der Waals surface area contributed by atoms with Crippen LogP contribution >= 0.6 is 11.8 Å². The molecular formula is C13H16FN3S. The molecule has 1 aromatic carbocycles. The van der Waals surface area contributed by atoms with E-state index < -0.39 is 5.54 Å². The van der Waals surface area contributed by atoms with Gasteiger partial charge in [0.1, 0.15) is 5.82 Å². The third-order valence-corrected chi connectivity index (χ3v) is 4.94. The molecule has 5 heteroatoms. The van der Waals surface area contributed by atoms with Gasteiger partial charge in [-0.05, 0) is 37.0 Å². The van der Waals surface area contributed by atoms with Crippen molar-refractivity contribution in [1.82, 2.24) is 0 Å². The average Bonchev–Trinajstić information content (AvgIpc) is 2.76. The first kappa shape index (κ1) is 11.8. The zero-order chi connectivity index (χ0) is 12.8. The number of thioether (sulfide) groups is 1. The molecule has 2 aliphatic rings. The summed E-state index contributed by atoms with van der Waals surface area (Å²) in [5.74, 6) is 1.06. The minimum atomic E-state index is -0.477. The van der Waals surface area contributed by atoms with Crippen LogP contribution in [-0.4, -0.2) is 10.9 Å². The zero-order valence-corrected chi connectivity index (χ0v) is 10.8. The van der Waals surface area contributed by atoms with E-state index in [0.717, 1.165) is 25.0 Å². The van der Waals surface area contributed by atoms with Crippen LogP contribution in [0.25, 0.3) is 0 Å². The molecule has 0 aromatic heterocycles. The molecule has 0 bridgehead atoms. The second kappa shape index (κ2) is 4.16. The number of nitrogens with zero attached hydrogens (tertiary/aromatic N) is 1. The van der Waals surface area contributed by atoms with Gasteiger partial charge in [0.2, 0.25) is 0 Å². The normalized spacial score (nSPS) is 30.9. The highest BCUT2D eigenvalue weighted by Crippen LogP contribution is 2.51. The van der Waals surface area contributed by atoms with E-state index >= 15 is 0 Å². The Labute approximate surface area is 110 Å². The summed E-state index contributed by atoms with van der Waals surface area (Å²) >= 11 is 1.57. The fourth-order valence-electron chi connectivity index (χ4n) is 3.13. The third-order valence-electron chi connectivity index (χ3n) is 3.98. The molecule has 3 nitrogen and oxygen atoms in total. The summed E-state index contributed by atoms with van der Waals surface area (Å²) in [6, 6.07) is 4.74. The number of anilines is 1. The average molecular weight is 265 g/mol. The maximum atomic E-state index is 14.1. The number of hydrogen-bond donors (Lipinski definition) is 2. The minimum Gasteiger partial charge on any atom is -0.399 e. The summed E-state index contributed by atoms with van der Waals surface area (Å²) in [7, 11) is 0. The Morgan fingerprint density at radius 2 is 2.22 bits per heavy atom. The van der Waals surface area contributed by atoms with Crippen LogP contribution in [0.4, 0.5) is 10.1 Å². The fourth-order valence-corrected chi connectivity index (χ4v) is 4.18. The van der Waals surface area contributed by atoms with Gasteiger partial charge in [-0.1, -0.05) is 18.2 Å². The van der Waals surface area contributed by atoms with Gasteiger partial charge in [0.05, 0.1) is 5.54 Å². The molecule has 2 atom stereocenters. The van der Waals surface area contributed by atoms with E-state index in [2.05, 4.69) is 4.99 Å². The van der Waals surface area contributed by atoms with Gasteiger partial charge >= 0.3 is 0 Å². The molecule has 1 aliphatic heterocycles. The van der Waals surface area contributed by atoms with Crippen LogP contribution in [0.1, 0.15) is 24.8 Å². The molecule has 4 N–H and O–H groups in total. The number of amidine groups is 1. The van der Waals surface area contributed by atoms with E-state index in [-0.39, 0.29) is 5.82 Å². The van der Waals surface area contributed by atoms with Crippen molar-refractivity contribution in [2.24, 2.45) is 16.6 Å². The SMILES string of the molecule is NC1=NC2(c3cc(N)ccc3F)CCCC2CS1. The van der Waals surface area contributed by atoms with Crippen molar-refractivity contribution in [1.29, 1.82) is 0 Å². The molecule has 1 heterocycles. The van der Waals surface area contributed by atoms with Gasteiger partial charge in [0.25, 0.3) is 0 Å². The summed E-state index contributed by atoms with van der Waals surface area (Å²) in [4.78, 5) is 4.61. The standard InChI is InChI=1S/C13H16FN3S/c14-11-4-3-9(15)6-10(11)13-5-1-2-8(13)7-18-12(16)17-13/h3-4,6,8H,1-2,5,7,15H2,(H2,16,17). The summed E-state index contributed by atoms with van der Waals surface area (Å²) in [6.45, 7) is 0. The molecule has 0 radical (unpaired) electrons. The lowest BCUT2D eigenvalue weighted by Crippen LogP contribution is -2.37. The van der Waals surface area contributed by atoms with Gasteiger partial charge < -0.3 is 11.5 Å². The van der Waals surface area contributed by atoms with Crippen molar-refractivity contribution in [2.75, 3.05) is 11.5 Å². The van der Waals surface area contributed by atoms with Crippen LogP contribution in [0.15, 0.2) is 23.2 Å². The molecule has 96 valence electrons. The molecule has 0 amide bonds. The predicted octanol–water partition coefficient (Wildman–Crippen LogP) is 2.46. The van der Waals surface area contributed by atoms with Gasteiger partial charge in [-0.25, -0.2) is 4.39 Å². The number of benzene rings is 1. The third kappa shape index (κ3) is 1.68. The summed E-state index contributed by atoms with van der Waals surface area (Å²) < 4.78 is 14.1. The maximum absolute atomic E-state index is 14.1. The molecule has 1 aliphatic carbocycles. The molecule has 1 saturated carbocycles. The van der Waals surface area contributed by atoms with E-state index in [9.17, 15) is 4.39 Å². The fraction of sp³-hybridized carbons (Fsp3) is 0.462. The largest absolute Gasteiger partial charge is 0.399 e. The molecule has 18 heavy (non-hydrogen) atoms. The number of nitrogen functional groups attached to an aromatic ring is 1. The van der Waals surface area contributed by atoms with Crippen LogP contribution in [0.5, 0.6) is 0 Å². The number of rotatable bonds is 1. The number of nitrogens with two attached hydrogens (primary N) is 2. The molecule has 2 unspecified atom stereocenters. The van der Waals surface area contributed by atoms with Crippen LogP contribution in [0.3, 0.4) is 0 Å². The number of halogens is 1. The van der Waals surface area contributed by atoms with Gasteiger partial charge in [-0.3, -0.25) is 4.99 Å². The Balaban J connectivity index is 2.17. The van der Waals surface area contributed by atoms with Gasteiger partial charge in [0.15, 0.2) is 5.17 Å². The van der Waals surface area contributed by atoms with Crippen molar-refractivity contribution in [3.8, 4) is 0 Å². The highest BCUT2D eigenvalue weighted by Gasteiger charge is 2.47. The van der Waals surface area contributed by atoms with Gasteiger partial charge in [-0.2, -0.15) is 0 Å². The van der Waals surface area contributed by atoms with Gasteiger partial charge in [-0.15, -0.1) is 0 Å². The van der Waals surface area contributed by atoms with Crippen molar-refractivity contribution in [3.63, 3.8) is 0 Å². The second-order valence-electron chi connectivity index (χ2n) is 5.01. The first-order valence-electron chi connectivity index (χ1n) is 6.15. The lowest BCUT2D eigenvalue weighted by atomic mass is 9.81. The van der Waals surface area contributed by atoms with E-state index in [0.29, 0.717) is 22.3 Å². The predicted molar refractivity (Wildman–Crippen MR) is 73.9 cm³/mol. The Kier molecular flexibility index (Phi) is 2.73. The quantitative estimate of drug-likeness (QED) is 0.767. The highest BCUT2D eigenvalue weighted by molar-refractivity contribution is 8.13. The molecule has 0 spiro atoms. The highest BCUT2D eigenvalue weighted by atomic mass is 32.2. The van der Waals surface area contributed by atoms with Crippen LogP contribution < -0.4 is 11.5 Å². The van der Waals surface area contributed by atoms with E-state index in [4.69, 9.17) is 11.5 Å². The Morgan fingerprint density at radius 1 is 1.39 bits per heavy atom. The first-order valence-corrected chi connectivity index (χ1v) is 7.14. The van der Waals surface area contributed by atoms with E-state index in [1.165, 1.54) is 6.07 Å². The first-order chi connectivity index (χ1) is 8.62. The van der Waals surface area contributed by atoms with Crippen molar-refractivity contribution < 1.29 is 4.39 Å². The van der Waals surface area contributed by atoms with Crippen LogP contribution in [-0.2, 0) is 5.54 Å². The lowest BCUT2D eigenvalue weighted by Gasteiger charge is -2.36. The lowest BCUT2D eigenvalue weighted by molar-refractivity contribution is 0.341. The van der Waals surface area contributed by atoms with E-state index in [1.807, 2.05) is 0 Å². The maximum Gasteiger partial charge on any atom is 0.154 e. The Hall–Kier alpha value is -1.23. The van der Waals surface area contributed by atoms with Crippen molar-refractivity contribution in [2.45, 2.75) is 24.8 Å². The van der Waals surface area contributed by atoms with Crippen LogP contribution in [0.2, 0.25) is 0 Å². The van der Waals surface area contributed by atoms with Crippen molar-refractivity contribution >= 4 is 22.6 Å². The van der Waals surface area contributed by atoms with Crippen LogP contribution in [0, 0.1) is 11.7 Å². The number of hydrogen-bond acceptors (Lipinski definition) is 4. The zero-order valence-electron chi connectivity index (χ0n) is 10.0. The Bertz CT molecular complexity index is 517. The topological polar surface area (TPSA) is 64.4 Å². The molecule has 0 saturated heterocycles. The Morgan fingerprint density at radius 3 is 3.06 bits per heavy atom.